The summed E-state index contributed by atoms with van der Waals surface area (Å²) in [6.07, 6.45) is 1.44. The molecule has 10 heteroatoms. The Kier molecular flexibility index (Phi) is 6.23. The third-order valence-corrected chi connectivity index (χ3v) is 4.27. The minimum absolute atomic E-state index is 0.0367. The quantitative estimate of drug-likeness (QED) is 0.407. The fourth-order valence-electron chi connectivity index (χ4n) is 2.10. The van der Waals surface area contributed by atoms with Crippen molar-refractivity contribution in [2.24, 2.45) is 0 Å². The van der Waals surface area contributed by atoms with Crippen molar-refractivity contribution in [2.45, 2.75) is 12.8 Å². The highest BCUT2D eigenvalue weighted by Crippen LogP contribution is 2.34. The molecule has 0 atom stereocenters. The number of phenols is 2. The first-order valence-corrected chi connectivity index (χ1v) is 8.35. The zero-order chi connectivity index (χ0) is 19.3. The number of carbonyl (C=O) groups excluding carboxylic acids is 3. The van der Waals surface area contributed by atoms with Crippen LogP contribution in [0, 0.1) is 0 Å². The molecule has 1 aromatic carbocycles. The van der Waals surface area contributed by atoms with Gasteiger partial charge in [-0.05, 0) is 36.4 Å². The van der Waals surface area contributed by atoms with Gasteiger partial charge in [0.15, 0.2) is 0 Å². The number of carbonyl (C=O) groups is 4. The van der Waals surface area contributed by atoms with Gasteiger partial charge in [-0.2, -0.15) is 0 Å². The van der Waals surface area contributed by atoms with Crippen LogP contribution in [0.5, 0.6) is 11.5 Å². The standard InChI is InChI=1S/C16H16N2O7S/c19-10-4-3-9(11(20)7-10)6-12-15(24)18(16(25)26-12)8-13(21)17-5-1-2-14(22)23/h3-4,6-7,19-20H,1-2,5,8H2,(H,17,21)(H,22,23)/b12-6-. The summed E-state index contributed by atoms with van der Waals surface area (Å²) >= 11 is 0.631. The highest BCUT2D eigenvalue weighted by atomic mass is 32.2. The van der Waals surface area contributed by atoms with Crippen molar-refractivity contribution < 1.29 is 34.5 Å². The Morgan fingerprint density at radius 2 is 1.96 bits per heavy atom. The van der Waals surface area contributed by atoms with Crippen molar-refractivity contribution in [1.29, 1.82) is 0 Å². The van der Waals surface area contributed by atoms with Gasteiger partial charge in [-0.25, -0.2) is 0 Å². The highest BCUT2D eigenvalue weighted by molar-refractivity contribution is 8.18. The Bertz CT molecular complexity index is 791. The number of nitrogens with zero attached hydrogens (tertiary/aromatic N) is 1. The molecule has 3 amide bonds. The first-order chi connectivity index (χ1) is 12.3. The SMILES string of the molecule is O=C(O)CCCNC(=O)CN1C(=O)S/C(=C\c2ccc(O)cc2O)C1=O. The van der Waals surface area contributed by atoms with Crippen LogP contribution in [0.1, 0.15) is 18.4 Å². The number of amides is 3. The van der Waals surface area contributed by atoms with E-state index in [1.807, 2.05) is 0 Å². The minimum Gasteiger partial charge on any atom is -0.508 e. The van der Waals surface area contributed by atoms with Crippen molar-refractivity contribution in [3.05, 3.63) is 28.7 Å². The van der Waals surface area contributed by atoms with Gasteiger partial charge in [-0.3, -0.25) is 24.1 Å². The molecule has 1 fully saturated rings. The lowest BCUT2D eigenvalue weighted by Crippen LogP contribution is -2.39. The third-order valence-electron chi connectivity index (χ3n) is 3.37. The maximum absolute atomic E-state index is 12.3. The Morgan fingerprint density at radius 3 is 2.62 bits per heavy atom. The number of aliphatic carboxylic acids is 1. The predicted molar refractivity (Wildman–Crippen MR) is 92.3 cm³/mol. The fraction of sp³-hybridized carbons (Fsp3) is 0.250. The minimum atomic E-state index is -0.979. The van der Waals surface area contributed by atoms with Gasteiger partial charge in [0.25, 0.3) is 11.1 Å². The van der Waals surface area contributed by atoms with Crippen molar-refractivity contribution in [1.82, 2.24) is 10.2 Å². The molecule has 0 spiro atoms. The first-order valence-electron chi connectivity index (χ1n) is 7.54. The van der Waals surface area contributed by atoms with E-state index >= 15 is 0 Å². The normalized spacial score (nSPS) is 15.5. The topological polar surface area (TPSA) is 144 Å². The van der Waals surface area contributed by atoms with Crippen LogP contribution in [0.2, 0.25) is 0 Å². The fourth-order valence-corrected chi connectivity index (χ4v) is 2.93. The molecule has 0 radical (unpaired) electrons. The number of hydrogen-bond acceptors (Lipinski definition) is 7. The maximum Gasteiger partial charge on any atom is 0.303 e. The number of rotatable bonds is 7. The maximum atomic E-state index is 12.3. The molecular weight excluding hydrogens is 364 g/mol. The van der Waals surface area contributed by atoms with Crippen LogP contribution in [0.25, 0.3) is 6.08 Å². The second kappa shape index (κ2) is 8.39. The number of phenolic OH excluding ortho intramolecular Hbond substituents is 2. The molecule has 0 aliphatic carbocycles. The largest absolute Gasteiger partial charge is 0.508 e. The lowest BCUT2D eigenvalue weighted by Gasteiger charge is -2.12. The van der Waals surface area contributed by atoms with E-state index in [9.17, 15) is 29.4 Å². The molecular formula is C16H16N2O7S. The molecule has 2 rings (SSSR count). The Labute approximate surface area is 152 Å². The monoisotopic (exact) mass is 380 g/mol. The van der Waals surface area contributed by atoms with Crippen LogP contribution in [0.3, 0.4) is 0 Å². The van der Waals surface area contributed by atoms with E-state index in [1.54, 1.807) is 0 Å². The van der Waals surface area contributed by atoms with Gasteiger partial charge in [0.2, 0.25) is 5.91 Å². The van der Waals surface area contributed by atoms with Crippen LogP contribution in [0.15, 0.2) is 23.1 Å². The van der Waals surface area contributed by atoms with E-state index < -0.39 is 29.6 Å². The molecule has 9 nitrogen and oxygen atoms in total. The molecule has 1 aliphatic heterocycles. The summed E-state index contributed by atoms with van der Waals surface area (Å²) in [5.41, 5.74) is 0.242. The van der Waals surface area contributed by atoms with Gasteiger partial charge in [0, 0.05) is 24.6 Å². The van der Waals surface area contributed by atoms with E-state index in [1.165, 1.54) is 18.2 Å². The van der Waals surface area contributed by atoms with Gasteiger partial charge >= 0.3 is 5.97 Å². The summed E-state index contributed by atoms with van der Waals surface area (Å²) in [7, 11) is 0. The van der Waals surface area contributed by atoms with Crippen LogP contribution < -0.4 is 5.32 Å². The molecule has 0 aromatic heterocycles. The molecule has 1 heterocycles. The molecule has 138 valence electrons. The van der Waals surface area contributed by atoms with Crippen LogP contribution >= 0.6 is 11.8 Å². The van der Waals surface area contributed by atoms with Gasteiger partial charge in [0.05, 0.1) is 4.91 Å². The molecule has 1 aromatic rings. The Morgan fingerprint density at radius 1 is 1.23 bits per heavy atom. The van der Waals surface area contributed by atoms with Crippen LogP contribution in [-0.4, -0.2) is 56.3 Å². The summed E-state index contributed by atoms with van der Waals surface area (Å²) in [6, 6.07) is 3.80. The van der Waals surface area contributed by atoms with Gasteiger partial charge in [-0.15, -0.1) is 0 Å². The van der Waals surface area contributed by atoms with E-state index in [2.05, 4.69) is 5.32 Å². The van der Waals surface area contributed by atoms with E-state index in [-0.39, 0.29) is 41.4 Å². The van der Waals surface area contributed by atoms with E-state index in [4.69, 9.17) is 5.11 Å². The van der Waals surface area contributed by atoms with E-state index in [0.717, 1.165) is 11.0 Å². The number of aromatic hydroxyl groups is 2. The molecule has 0 bridgehead atoms. The number of benzene rings is 1. The summed E-state index contributed by atoms with van der Waals surface area (Å²) in [4.78, 5) is 47.2. The summed E-state index contributed by atoms with van der Waals surface area (Å²) < 4.78 is 0. The van der Waals surface area contributed by atoms with Gasteiger partial charge in [-0.1, -0.05) is 0 Å². The molecule has 26 heavy (non-hydrogen) atoms. The molecule has 4 N–H and O–H groups in total. The zero-order valence-electron chi connectivity index (χ0n) is 13.5. The molecule has 0 unspecified atom stereocenters. The number of carboxylic acid groups (broad SMARTS) is 1. The Hall–Kier alpha value is -3.01. The molecule has 0 saturated carbocycles. The van der Waals surface area contributed by atoms with Gasteiger partial charge in [0.1, 0.15) is 18.0 Å². The number of carboxylic acids is 1. The third kappa shape index (κ3) is 4.99. The van der Waals surface area contributed by atoms with Gasteiger partial charge < -0.3 is 20.6 Å². The Balaban J connectivity index is 1.98. The lowest BCUT2D eigenvalue weighted by molar-refractivity contribution is -0.137. The smallest absolute Gasteiger partial charge is 0.303 e. The average Bonchev–Trinajstić information content (AvgIpc) is 2.81. The second-order valence-electron chi connectivity index (χ2n) is 5.36. The highest BCUT2D eigenvalue weighted by Gasteiger charge is 2.36. The van der Waals surface area contributed by atoms with Crippen molar-refractivity contribution in [2.75, 3.05) is 13.1 Å². The van der Waals surface area contributed by atoms with Crippen LogP contribution in [-0.2, 0) is 14.4 Å². The summed E-state index contributed by atoms with van der Waals surface area (Å²) in [5, 5.41) is 29.3. The van der Waals surface area contributed by atoms with Crippen molar-refractivity contribution >= 4 is 40.9 Å². The molecule has 1 saturated heterocycles. The second-order valence-corrected chi connectivity index (χ2v) is 6.35. The number of imide groups is 1. The number of thioether (sulfide) groups is 1. The number of hydrogen-bond donors (Lipinski definition) is 4. The molecule has 1 aliphatic rings. The lowest BCUT2D eigenvalue weighted by atomic mass is 10.1. The predicted octanol–water partition coefficient (Wildman–Crippen LogP) is 1.12. The van der Waals surface area contributed by atoms with Crippen LogP contribution in [0.4, 0.5) is 4.79 Å². The van der Waals surface area contributed by atoms with Crippen molar-refractivity contribution in [3.63, 3.8) is 0 Å². The average molecular weight is 380 g/mol. The van der Waals surface area contributed by atoms with Crippen molar-refractivity contribution in [3.8, 4) is 11.5 Å². The zero-order valence-corrected chi connectivity index (χ0v) is 14.3. The van der Waals surface area contributed by atoms with E-state index in [0.29, 0.717) is 11.8 Å². The first kappa shape index (κ1) is 19.3. The number of nitrogens with one attached hydrogen (secondary N) is 1. The summed E-state index contributed by atoms with van der Waals surface area (Å²) in [5.74, 6) is -2.63. The summed E-state index contributed by atoms with van der Waals surface area (Å²) in [6.45, 7) is -0.352.